The summed E-state index contributed by atoms with van der Waals surface area (Å²) in [5.74, 6) is 0. The molecule has 0 aliphatic carbocycles. The first kappa shape index (κ1) is 15.9. The lowest BCUT2D eigenvalue weighted by atomic mass is 10.0. The van der Waals surface area contributed by atoms with E-state index in [-0.39, 0.29) is 0 Å². The summed E-state index contributed by atoms with van der Waals surface area (Å²) in [5.41, 5.74) is 8.95. The number of hydrogen-bond acceptors (Lipinski definition) is 0. The molecule has 0 amide bonds. The predicted octanol–water partition coefficient (Wildman–Crippen LogP) is 7.07. The van der Waals surface area contributed by atoms with E-state index in [2.05, 4.69) is 109 Å². The smallest absolute Gasteiger partial charge is 0.0572 e. The highest BCUT2D eigenvalue weighted by Gasteiger charge is 2.15. The first-order valence-electron chi connectivity index (χ1n) is 9.39. The van der Waals surface area contributed by atoms with Gasteiger partial charge in [-0.05, 0) is 60.4 Å². The number of benzene rings is 4. The highest BCUT2D eigenvalue weighted by molar-refractivity contribution is 6.11. The molecule has 130 valence electrons. The van der Waals surface area contributed by atoms with Gasteiger partial charge in [0.25, 0.3) is 0 Å². The molecule has 4 aromatic carbocycles. The van der Waals surface area contributed by atoms with Gasteiger partial charge in [0.15, 0.2) is 0 Å². The van der Waals surface area contributed by atoms with Crippen molar-refractivity contribution in [2.45, 2.75) is 13.8 Å². The van der Waals surface area contributed by atoms with Crippen LogP contribution in [0.5, 0.6) is 0 Å². The molecule has 0 unspecified atom stereocenters. The summed E-state index contributed by atoms with van der Waals surface area (Å²) in [6.45, 7) is 4.42. The van der Waals surface area contributed by atoms with Crippen molar-refractivity contribution >= 4 is 21.8 Å². The zero-order valence-corrected chi connectivity index (χ0v) is 15.6. The van der Waals surface area contributed by atoms with Gasteiger partial charge in [-0.15, -0.1) is 0 Å². The molecular formula is C26H21N. The SMILES string of the molecule is Cc1ccc2c3cc(-c4ccccc4)ccc3n(-c3ccccc3)c2c1C. The molecule has 0 bridgehead atoms. The van der Waals surface area contributed by atoms with Crippen LogP contribution < -0.4 is 0 Å². The number of nitrogens with zero attached hydrogens (tertiary/aromatic N) is 1. The highest BCUT2D eigenvalue weighted by atomic mass is 15.0. The van der Waals surface area contributed by atoms with Gasteiger partial charge in [-0.3, -0.25) is 0 Å². The molecule has 0 saturated carbocycles. The molecule has 0 spiro atoms. The first-order chi connectivity index (χ1) is 13.2. The lowest BCUT2D eigenvalue weighted by Crippen LogP contribution is -1.95. The van der Waals surface area contributed by atoms with Crippen LogP contribution in [0, 0.1) is 13.8 Å². The lowest BCUT2D eigenvalue weighted by molar-refractivity contribution is 1.16. The maximum absolute atomic E-state index is 2.40. The van der Waals surface area contributed by atoms with E-state index in [1.165, 1.54) is 49.7 Å². The Morgan fingerprint density at radius 2 is 1.30 bits per heavy atom. The summed E-state index contributed by atoms with van der Waals surface area (Å²) in [7, 11) is 0. The summed E-state index contributed by atoms with van der Waals surface area (Å²) in [5, 5.41) is 2.62. The van der Waals surface area contributed by atoms with E-state index in [1.54, 1.807) is 0 Å². The predicted molar refractivity (Wildman–Crippen MR) is 116 cm³/mol. The first-order valence-corrected chi connectivity index (χ1v) is 9.39. The Morgan fingerprint density at radius 1 is 0.593 bits per heavy atom. The van der Waals surface area contributed by atoms with Crippen LogP contribution in [0.2, 0.25) is 0 Å². The van der Waals surface area contributed by atoms with Crippen molar-refractivity contribution in [3.63, 3.8) is 0 Å². The van der Waals surface area contributed by atoms with Gasteiger partial charge in [0.1, 0.15) is 0 Å². The van der Waals surface area contributed by atoms with Crippen LogP contribution in [0.25, 0.3) is 38.6 Å². The maximum Gasteiger partial charge on any atom is 0.0572 e. The second-order valence-electron chi connectivity index (χ2n) is 7.17. The summed E-state index contributed by atoms with van der Waals surface area (Å²) in [4.78, 5) is 0. The van der Waals surface area contributed by atoms with Gasteiger partial charge >= 0.3 is 0 Å². The minimum Gasteiger partial charge on any atom is -0.309 e. The van der Waals surface area contributed by atoms with Crippen molar-refractivity contribution in [1.82, 2.24) is 4.57 Å². The van der Waals surface area contributed by atoms with Gasteiger partial charge in [-0.25, -0.2) is 0 Å². The Bertz CT molecular complexity index is 1260. The quantitative estimate of drug-likeness (QED) is 0.322. The van der Waals surface area contributed by atoms with E-state index < -0.39 is 0 Å². The van der Waals surface area contributed by atoms with Gasteiger partial charge in [0.2, 0.25) is 0 Å². The number of hydrogen-bond donors (Lipinski definition) is 0. The van der Waals surface area contributed by atoms with E-state index in [4.69, 9.17) is 0 Å². The van der Waals surface area contributed by atoms with Crippen molar-refractivity contribution < 1.29 is 0 Å². The fourth-order valence-corrected chi connectivity index (χ4v) is 4.03. The summed E-state index contributed by atoms with van der Waals surface area (Å²) < 4.78 is 2.40. The van der Waals surface area contributed by atoms with Crippen LogP contribution >= 0.6 is 0 Å². The van der Waals surface area contributed by atoms with Gasteiger partial charge in [0, 0.05) is 16.5 Å². The topological polar surface area (TPSA) is 4.93 Å². The van der Waals surface area contributed by atoms with Crippen LogP contribution in [-0.2, 0) is 0 Å². The monoisotopic (exact) mass is 347 g/mol. The van der Waals surface area contributed by atoms with Crippen LogP contribution in [0.4, 0.5) is 0 Å². The Balaban J connectivity index is 1.91. The number of fused-ring (bicyclic) bond motifs is 3. The Morgan fingerprint density at radius 3 is 2.04 bits per heavy atom. The molecule has 0 fully saturated rings. The Kier molecular flexibility index (Phi) is 3.61. The molecule has 0 aliphatic rings. The van der Waals surface area contributed by atoms with E-state index in [0.29, 0.717) is 0 Å². The zero-order chi connectivity index (χ0) is 18.4. The molecule has 1 heterocycles. The van der Waals surface area contributed by atoms with Crippen LogP contribution in [0.1, 0.15) is 11.1 Å². The molecule has 0 saturated heterocycles. The number of aryl methyl sites for hydroxylation is 2. The molecule has 0 atom stereocenters. The number of para-hydroxylation sites is 1. The molecule has 5 rings (SSSR count). The van der Waals surface area contributed by atoms with Crippen LogP contribution in [0.15, 0.2) is 91.0 Å². The average Bonchev–Trinajstić information content (AvgIpc) is 3.06. The minimum absolute atomic E-state index is 1.21. The third-order valence-corrected chi connectivity index (χ3v) is 5.57. The van der Waals surface area contributed by atoms with Crippen molar-refractivity contribution in [1.29, 1.82) is 0 Å². The second kappa shape index (κ2) is 6.14. The zero-order valence-electron chi connectivity index (χ0n) is 15.6. The average molecular weight is 347 g/mol. The molecule has 1 nitrogen and oxygen atoms in total. The molecule has 1 aromatic heterocycles. The van der Waals surface area contributed by atoms with E-state index in [0.717, 1.165) is 0 Å². The summed E-state index contributed by atoms with van der Waals surface area (Å²) >= 11 is 0. The molecule has 5 aromatic rings. The lowest BCUT2D eigenvalue weighted by Gasteiger charge is -2.10. The number of rotatable bonds is 2. The molecule has 0 radical (unpaired) electrons. The summed E-state index contributed by atoms with van der Waals surface area (Å²) in [6.07, 6.45) is 0. The normalized spacial score (nSPS) is 11.3. The Hall–Kier alpha value is -3.32. The van der Waals surface area contributed by atoms with Crippen molar-refractivity contribution in [2.75, 3.05) is 0 Å². The maximum atomic E-state index is 2.40. The fourth-order valence-electron chi connectivity index (χ4n) is 4.03. The van der Waals surface area contributed by atoms with Crippen molar-refractivity contribution in [3.05, 3.63) is 102 Å². The van der Waals surface area contributed by atoms with Gasteiger partial charge in [-0.2, -0.15) is 0 Å². The van der Waals surface area contributed by atoms with Crippen molar-refractivity contribution in [3.8, 4) is 16.8 Å². The Labute approximate surface area is 159 Å². The standard InChI is InChI=1S/C26H21N/c1-18-13-15-23-24-17-21(20-9-5-3-6-10-20)14-16-25(24)27(26(23)19(18)2)22-11-7-4-8-12-22/h3-17H,1-2H3. The van der Waals surface area contributed by atoms with Gasteiger partial charge in [-0.1, -0.05) is 66.7 Å². The second-order valence-corrected chi connectivity index (χ2v) is 7.17. The van der Waals surface area contributed by atoms with Crippen LogP contribution in [-0.4, -0.2) is 4.57 Å². The van der Waals surface area contributed by atoms with Crippen molar-refractivity contribution in [2.24, 2.45) is 0 Å². The van der Waals surface area contributed by atoms with Crippen LogP contribution in [0.3, 0.4) is 0 Å². The molecule has 0 aliphatic heterocycles. The largest absolute Gasteiger partial charge is 0.309 e. The third kappa shape index (κ3) is 2.47. The molecule has 0 N–H and O–H groups in total. The van der Waals surface area contributed by atoms with E-state index in [9.17, 15) is 0 Å². The highest BCUT2D eigenvalue weighted by Crippen LogP contribution is 2.37. The number of aromatic nitrogens is 1. The summed E-state index contributed by atoms with van der Waals surface area (Å²) in [6, 6.07) is 32.6. The fraction of sp³-hybridized carbons (Fsp3) is 0.0769. The van der Waals surface area contributed by atoms with E-state index in [1.807, 2.05) is 0 Å². The van der Waals surface area contributed by atoms with Gasteiger partial charge in [0.05, 0.1) is 11.0 Å². The molecular weight excluding hydrogens is 326 g/mol. The minimum atomic E-state index is 1.21. The third-order valence-electron chi connectivity index (χ3n) is 5.57. The molecule has 1 heteroatoms. The van der Waals surface area contributed by atoms with E-state index >= 15 is 0 Å². The van der Waals surface area contributed by atoms with Gasteiger partial charge < -0.3 is 4.57 Å². The molecule has 27 heavy (non-hydrogen) atoms.